The summed E-state index contributed by atoms with van der Waals surface area (Å²) in [5, 5.41) is 4.53. The molecule has 0 amide bonds. The molecule has 2 aromatic heterocycles. The van der Waals surface area contributed by atoms with Crippen LogP contribution in [0.2, 0.25) is 10.2 Å². The summed E-state index contributed by atoms with van der Waals surface area (Å²) in [4.78, 5) is 10.4. The molecule has 11 heteroatoms. The monoisotopic (exact) mass is 495 g/mol. The molecule has 2 heterocycles. The van der Waals surface area contributed by atoms with E-state index >= 15 is 0 Å². The molecule has 0 aliphatic carbocycles. The smallest absolute Gasteiger partial charge is 0.416 e. The lowest BCUT2D eigenvalue weighted by atomic mass is 10.2. The van der Waals surface area contributed by atoms with E-state index in [2.05, 4.69) is 15.1 Å². The zero-order valence-electron chi connectivity index (χ0n) is 17.6. The number of ether oxygens (including phenoxy) is 1. The minimum atomic E-state index is -4.49. The molecule has 0 bridgehead atoms. The van der Waals surface area contributed by atoms with Crippen LogP contribution < -0.4 is 9.64 Å². The molecule has 4 aromatic rings. The van der Waals surface area contributed by atoms with E-state index in [1.165, 1.54) is 6.07 Å². The Morgan fingerprint density at radius 1 is 1.06 bits per heavy atom. The third-order valence-electron chi connectivity index (χ3n) is 4.98. The maximum absolute atomic E-state index is 13.0. The summed E-state index contributed by atoms with van der Waals surface area (Å²) in [6.07, 6.45) is -2.75. The number of anilines is 2. The van der Waals surface area contributed by atoms with Gasteiger partial charge in [-0.1, -0.05) is 35.3 Å². The van der Waals surface area contributed by atoms with Gasteiger partial charge in [0.15, 0.2) is 5.15 Å². The SMILES string of the molecule is CCN(c1nc(Cl)c2nn(Cc3ccc(OC)cc3)cc2n1)c1ccc(C(F)(F)F)cc1Cl. The van der Waals surface area contributed by atoms with Crippen molar-refractivity contribution in [1.82, 2.24) is 19.7 Å². The lowest BCUT2D eigenvalue weighted by Crippen LogP contribution is -2.19. The van der Waals surface area contributed by atoms with Gasteiger partial charge in [-0.15, -0.1) is 0 Å². The van der Waals surface area contributed by atoms with Gasteiger partial charge in [-0.05, 0) is 42.8 Å². The van der Waals surface area contributed by atoms with Gasteiger partial charge in [0.2, 0.25) is 5.95 Å². The van der Waals surface area contributed by atoms with Crippen molar-refractivity contribution >= 4 is 45.9 Å². The Bertz CT molecular complexity index is 1290. The molecule has 0 aliphatic heterocycles. The minimum Gasteiger partial charge on any atom is -0.497 e. The number of nitrogens with zero attached hydrogens (tertiary/aromatic N) is 5. The second-order valence-electron chi connectivity index (χ2n) is 7.13. The Kier molecular flexibility index (Phi) is 6.36. The van der Waals surface area contributed by atoms with Gasteiger partial charge in [0.05, 0.1) is 36.1 Å². The predicted molar refractivity (Wildman–Crippen MR) is 122 cm³/mol. The maximum Gasteiger partial charge on any atom is 0.416 e. The number of aromatic nitrogens is 4. The number of rotatable bonds is 6. The van der Waals surface area contributed by atoms with Crippen LogP contribution in [0.25, 0.3) is 11.0 Å². The quantitative estimate of drug-likeness (QED) is 0.291. The maximum atomic E-state index is 13.0. The third-order valence-corrected chi connectivity index (χ3v) is 5.55. The number of alkyl halides is 3. The molecule has 33 heavy (non-hydrogen) atoms. The topological polar surface area (TPSA) is 56.1 Å². The van der Waals surface area contributed by atoms with Crippen LogP contribution in [0.3, 0.4) is 0 Å². The van der Waals surface area contributed by atoms with E-state index in [1.54, 1.807) is 22.9 Å². The van der Waals surface area contributed by atoms with Crippen LogP contribution in [0.1, 0.15) is 18.1 Å². The van der Waals surface area contributed by atoms with Crippen LogP contribution in [0.15, 0.2) is 48.7 Å². The number of hydrogen-bond donors (Lipinski definition) is 0. The fourth-order valence-electron chi connectivity index (χ4n) is 3.35. The zero-order chi connectivity index (χ0) is 23.8. The molecule has 0 fully saturated rings. The van der Waals surface area contributed by atoms with Crippen molar-refractivity contribution in [2.45, 2.75) is 19.6 Å². The largest absolute Gasteiger partial charge is 0.497 e. The highest BCUT2D eigenvalue weighted by atomic mass is 35.5. The first-order chi connectivity index (χ1) is 15.7. The second-order valence-corrected chi connectivity index (χ2v) is 7.90. The van der Waals surface area contributed by atoms with Gasteiger partial charge >= 0.3 is 6.18 Å². The van der Waals surface area contributed by atoms with Crippen molar-refractivity contribution in [3.63, 3.8) is 0 Å². The van der Waals surface area contributed by atoms with E-state index in [4.69, 9.17) is 27.9 Å². The summed E-state index contributed by atoms with van der Waals surface area (Å²) in [5.74, 6) is 0.963. The number of benzene rings is 2. The highest BCUT2D eigenvalue weighted by Gasteiger charge is 2.31. The number of halogens is 5. The van der Waals surface area contributed by atoms with Crippen molar-refractivity contribution in [3.05, 3.63) is 70.0 Å². The Balaban J connectivity index is 1.67. The highest BCUT2D eigenvalue weighted by molar-refractivity contribution is 6.34. The summed E-state index contributed by atoms with van der Waals surface area (Å²) in [6, 6.07) is 10.7. The van der Waals surface area contributed by atoms with Gasteiger partial charge in [0, 0.05) is 6.54 Å². The van der Waals surface area contributed by atoms with Crippen LogP contribution in [-0.2, 0) is 12.7 Å². The molecule has 0 aliphatic rings. The zero-order valence-corrected chi connectivity index (χ0v) is 19.1. The molecule has 4 rings (SSSR count). The average Bonchev–Trinajstić information content (AvgIpc) is 3.18. The van der Waals surface area contributed by atoms with E-state index in [9.17, 15) is 13.2 Å². The van der Waals surface area contributed by atoms with Crippen LogP contribution in [0.4, 0.5) is 24.8 Å². The van der Waals surface area contributed by atoms with Crippen LogP contribution in [0.5, 0.6) is 5.75 Å². The normalized spacial score (nSPS) is 11.7. The van der Waals surface area contributed by atoms with E-state index in [-0.39, 0.29) is 16.1 Å². The van der Waals surface area contributed by atoms with E-state index in [0.717, 1.165) is 23.4 Å². The van der Waals surface area contributed by atoms with Gasteiger partial charge in [0.1, 0.15) is 16.8 Å². The average molecular weight is 496 g/mol. The Hall–Kier alpha value is -3.04. The van der Waals surface area contributed by atoms with E-state index < -0.39 is 11.7 Å². The molecule has 0 N–H and O–H groups in total. The second kappa shape index (κ2) is 9.07. The molecule has 0 saturated carbocycles. The molecular weight excluding hydrogens is 478 g/mol. The number of fused-ring (bicyclic) bond motifs is 1. The molecule has 0 saturated heterocycles. The Labute approximate surface area is 197 Å². The van der Waals surface area contributed by atoms with E-state index in [0.29, 0.717) is 29.8 Å². The van der Waals surface area contributed by atoms with Gasteiger partial charge in [-0.2, -0.15) is 23.3 Å². The molecule has 0 spiro atoms. The standard InChI is InChI=1S/C22H18Cl2F3N5O/c1-3-32(18-9-6-14(10-16(18)23)22(25,26)27)21-28-17-12-31(30-19(17)20(24)29-21)11-13-4-7-15(33-2)8-5-13/h4-10,12H,3,11H2,1-2H3. The summed E-state index contributed by atoms with van der Waals surface area (Å²) in [6.45, 7) is 2.64. The molecule has 0 unspecified atom stereocenters. The van der Waals surface area contributed by atoms with Crippen LogP contribution in [0, 0.1) is 0 Å². The number of methoxy groups -OCH3 is 1. The van der Waals surface area contributed by atoms with Crippen LogP contribution >= 0.6 is 23.2 Å². The first-order valence-electron chi connectivity index (χ1n) is 9.87. The molecule has 0 radical (unpaired) electrons. The summed E-state index contributed by atoms with van der Waals surface area (Å²) >= 11 is 12.6. The Morgan fingerprint density at radius 2 is 1.79 bits per heavy atom. The van der Waals surface area contributed by atoms with Crippen molar-refractivity contribution in [2.75, 3.05) is 18.6 Å². The fourth-order valence-corrected chi connectivity index (χ4v) is 3.85. The van der Waals surface area contributed by atoms with Gasteiger partial charge < -0.3 is 9.64 Å². The van der Waals surface area contributed by atoms with Crippen LogP contribution in [-0.4, -0.2) is 33.4 Å². The molecule has 6 nitrogen and oxygen atoms in total. The van der Waals surface area contributed by atoms with Gasteiger partial charge in [-0.3, -0.25) is 4.68 Å². The Morgan fingerprint density at radius 3 is 2.39 bits per heavy atom. The first-order valence-corrected chi connectivity index (χ1v) is 10.6. The van der Waals surface area contributed by atoms with Crippen molar-refractivity contribution < 1.29 is 17.9 Å². The summed E-state index contributed by atoms with van der Waals surface area (Å²) in [7, 11) is 1.60. The first kappa shape index (κ1) is 23.1. The fraction of sp³-hybridized carbons (Fsp3) is 0.227. The van der Waals surface area contributed by atoms with Crippen molar-refractivity contribution in [2.24, 2.45) is 0 Å². The van der Waals surface area contributed by atoms with Crippen molar-refractivity contribution in [3.8, 4) is 5.75 Å². The van der Waals surface area contributed by atoms with E-state index in [1.807, 2.05) is 31.2 Å². The summed E-state index contributed by atoms with van der Waals surface area (Å²) in [5.41, 5.74) is 1.43. The van der Waals surface area contributed by atoms with Gasteiger partial charge in [-0.25, -0.2) is 4.98 Å². The van der Waals surface area contributed by atoms with Crippen molar-refractivity contribution in [1.29, 1.82) is 0 Å². The third kappa shape index (κ3) is 4.84. The highest BCUT2D eigenvalue weighted by Crippen LogP contribution is 2.37. The minimum absolute atomic E-state index is 0.0679. The molecule has 172 valence electrons. The molecular formula is C22H18Cl2F3N5O. The molecule has 0 atom stereocenters. The lowest BCUT2D eigenvalue weighted by molar-refractivity contribution is -0.137. The predicted octanol–water partition coefficient (Wildman–Crippen LogP) is 6.37. The number of hydrogen-bond acceptors (Lipinski definition) is 5. The molecule has 2 aromatic carbocycles. The van der Waals surface area contributed by atoms with Gasteiger partial charge in [0.25, 0.3) is 0 Å². The lowest BCUT2D eigenvalue weighted by Gasteiger charge is -2.22. The summed E-state index contributed by atoms with van der Waals surface area (Å²) < 4.78 is 45.9.